The van der Waals surface area contributed by atoms with E-state index in [0.717, 1.165) is 167 Å². The van der Waals surface area contributed by atoms with Crippen molar-refractivity contribution in [2.45, 2.75) is 207 Å². The third kappa shape index (κ3) is 32.0. The van der Waals surface area contributed by atoms with Gasteiger partial charge in [0, 0.05) is 225 Å². The van der Waals surface area contributed by atoms with E-state index in [-0.39, 0.29) is 72.3 Å². The summed E-state index contributed by atoms with van der Waals surface area (Å²) in [6, 6.07) is 11.0. The summed E-state index contributed by atoms with van der Waals surface area (Å²) >= 11 is 17.1. The van der Waals surface area contributed by atoms with Gasteiger partial charge in [-0.3, -0.25) is 34.2 Å². The Labute approximate surface area is 877 Å². The van der Waals surface area contributed by atoms with Crippen molar-refractivity contribution in [2.75, 3.05) is 78.7 Å². The highest BCUT2D eigenvalue weighted by Crippen LogP contribution is 2.44. The second kappa shape index (κ2) is 51.4. The number of halogens is 4. The van der Waals surface area contributed by atoms with Crippen LogP contribution in [0, 0.1) is 70.3 Å². The number of carbonyl (C=O) groups excluding carboxylic acids is 4. The third-order valence-electron chi connectivity index (χ3n) is 24.5. The molecule has 8 fully saturated rings. The summed E-state index contributed by atoms with van der Waals surface area (Å²) in [4.78, 5) is 97.7. The van der Waals surface area contributed by atoms with Crippen LogP contribution in [0.1, 0.15) is 87.0 Å². The Kier molecular flexibility index (Phi) is 40.5. The zero-order valence-corrected chi connectivity index (χ0v) is 91.5. The molecule has 4 N–H and O–H groups in total. The van der Waals surface area contributed by atoms with E-state index in [2.05, 4.69) is 153 Å². The van der Waals surface area contributed by atoms with Gasteiger partial charge in [-0.1, -0.05) is 82.1 Å². The molecule has 3 saturated carbocycles. The molecule has 5 saturated heterocycles. The minimum absolute atomic E-state index is 0. The van der Waals surface area contributed by atoms with Gasteiger partial charge in [0.2, 0.25) is 46.4 Å². The van der Waals surface area contributed by atoms with Crippen molar-refractivity contribution in [3.8, 4) is 22.3 Å². The molecule has 0 unspecified atom stereocenters. The van der Waals surface area contributed by atoms with Gasteiger partial charge < -0.3 is 71.8 Å². The first kappa shape index (κ1) is 115. The second-order valence-corrected chi connectivity index (χ2v) is 59.8. The lowest BCUT2D eigenvalue weighted by Crippen LogP contribution is -2.66. The van der Waals surface area contributed by atoms with E-state index in [4.69, 9.17) is 116 Å². The Bertz CT molecular complexity index is 6830. The molecule has 766 valence electrons. The Morgan fingerprint density at radius 2 is 0.952 bits per heavy atom. The number of ether oxygens (including phenoxy) is 4. The SMILES string of the molecule is CC1(C)OB(c2cn[nH]c2)OC1(C)C.Cl.O=C(Cl)C1CC1.[C-]#[N+]C=C1CN(C(=O)C2CC2)C1.[C-]#[N+]C=C1CN(C(=O)OC(C)(C)C)C1.[C-]#[N+]C=C1CNC1.[C-]#[N+]CC1(n2cc(-c3c([N+]#[C-])cnc4c3ccn4COCC[Si](C)(C)C)cn2)CN(C(=O)C2CC2)C1.[C-]#[N+]c1cnc2[nH]ccc2c1Cl.[C-]#[N+]c1cnc2c(ccn2COCC[Si](C)(C)C)c1-c1cn[nH]c1.[C-]#[N+]c1cnc2c(ccn2COCC[Si](C)(C)C)c1Cl. The number of amides is 3. The molecule has 11 aromatic rings. The molecule has 16 heterocycles. The summed E-state index contributed by atoms with van der Waals surface area (Å²) in [6.07, 6.45) is 34.8. The minimum Gasteiger partial charge on any atom is -0.444 e. The molecule has 3 amide bonds. The van der Waals surface area contributed by atoms with E-state index in [1.165, 1.54) is 30.4 Å². The Morgan fingerprint density at radius 3 is 1.35 bits per heavy atom. The quantitative estimate of drug-likeness (QED) is 0.0200. The molecule has 19 rings (SSSR count). The average Bonchev–Trinajstić information content (AvgIpc) is 1.56. The normalized spacial score (nSPS) is 15.8. The highest BCUT2D eigenvalue weighted by atomic mass is 35.5. The lowest BCUT2D eigenvalue weighted by molar-refractivity contribution is -0.143. The minimum atomic E-state index is -1.16. The van der Waals surface area contributed by atoms with E-state index >= 15 is 0 Å². The van der Waals surface area contributed by atoms with Crippen molar-refractivity contribution in [2.24, 2.45) is 17.8 Å². The number of nitrogens with one attached hydrogen (secondary N) is 4. The number of fused-ring (bicyclic) bond motifs is 4. The molecular formula is C102H125BCl4N26O10Si3. The van der Waals surface area contributed by atoms with Crippen LogP contribution >= 0.6 is 47.2 Å². The predicted molar refractivity (Wildman–Crippen MR) is 579 cm³/mol. The standard InChI is InChI=1S/C26H31N7O2Si.C17H21N5OSi.C14H18ClN3OSi.C10H14N2O2.C9H15BN2O2.C9H10N2O.C8H4ClN3.C5H6N2.C4H5ClO.ClH/c1-27-15-26(16-32(17-26)25(34)19-6-7-19)33-14-20(12-30-33)23-21-8-9-31(18-35-10-11-36(3,4)5)24(21)29-13-22(23)28-2;1-18-15-11-19-17-14(16(15)13-9-20-21-10-13)5-6-22(17)12-23-7-8-24(2,3)4;1-16-12-9-17-14-11(13(12)15)5-6-18(14)10-19-7-8-20(2,3)4;1-10(2,3)14-9(13)12-6-8(7-12)5-11-4;1-8(2)9(3,4)14-10(13-8)7-5-11-12-6-7;1-10-4-7-5-11(6-7)9(12)8-2-3-8;1-10-6-4-12-8-5(7(6)9)2-3-11-8;1-6-2-5-3-7-4-5;5-4(6)3-1-2-3;/h8-9,12-14,19H,6-7,10-11,15-18H2,3-5H3;5-6,9-11H,7-8,12H2,2-4H3,(H,20,21);5-6,9H,7-8,10H2,2-4H3;5H,6-7H2,1-3H3;5-6H,1-4H3,(H,11,12);4,8H,2-3,5-6H2;2-4H,(H,11,12);2,7H,3-4H2;3H,1-2H2;1H. The van der Waals surface area contributed by atoms with Crippen molar-refractivity contribution in [1.29, 1.82) is 0 Å². The summed E-state index contributed by atoms with van der Waals surface area (Å²) in [5.74, 6) is 1.20. The van der Waals surface area contributed by atoms with Gasteiger partial charge in [-0.05, 0) is 158 Å². The highest BCUT2D eigenvalue weighted by molar-refractivity contribution is 6.77. The number of aromatic amines is 3. The molecule has 146 heavy (non-hydrogen) atoms. The van der Waals surface area contributed by atoms with E-state index in [9.17, 15) is 19.2 Å². The zero-order valence-electron chi connectivity index (χ0n) is 85.4. The van der Waals surface area contributed by atoms with Crippen LogP contribution in [0.25, 0.3) is 105 Å². The molecule has 11 aromatic heterocycles. The first-order valence-corrected chi connectivity index (χ1v) is 59.9. The number of carbonyl (C=O) groups is 4. The highest BCUT2D eigenvalue weighted by Gasteiger charge is 2.54. The predicted octanol–water partition coefficient (Wildman–Crippen LogP) is 22.0. The smallest absolute Gasteiger partial charge is 0.444 e. The molecule has 8 aliphatic rings. The summed E-state index contributed by atoms with van der Waals surface area (Å²) < 4.78 is 42.0. The van der Waals surface area contributed by atoms with Crippen molar-refractivity contribution >= 4 is 174 Å². The topological polar surface area (TPSA) is 338 Å². The molecule has 3 aliphatic carbocycles. The summed E-state index contributed by atoms with van der Waals surface area (Å²) in [5.41, 5.74) is 10.9. The van der Waals surface area contributed by atoms with E-state index in [1.54, 1.807) is 66.7 Å². The molecule has 0 radical (unpaired) electrons. The van der Waals surface area contributed by atoms with E-state index in [1.807, 2.05) is 120 Å². The molecule has 0 aromatic carbocycles. The van der Waals surface area contributed by atoms with E-state index in [0.29, 0.717) is 104 Å². The number of hydrogen-bond acceptors (Lipinski definition) is 18. The molecule has 44 heteroatoms. The largest absolute Gasteiger partial charge is 0.498 e. The Hall–Kier alpha value is -13.0. The van der Waals surface area contributed by atoms with Gasteiger partial charge in [0.1, 0.15) is 48.4 Å². The number of nitrogens with zero attached hydrogens (tertiary/aromatic N) is 22. The average molecular weight is 2110 g/mol. The number of likely N-dealkylation sites (tertiary alicyclic amines) is 3. The fraction of sp³-hybridized carbons (Fsp3) is 0.461. The van der Waals surface area contributed by atoms with Gasteiger partial charge in [-0.2, -0.15) is 15.3 Å². The summed E-state index contributed by atoms with van der Waals surface area (Å²) in [7, 11) is -3.61. The number of pyridine rings is 4. The van der Waals surface area contributed by atoms with Crippen molar-refractivity contribution < 1.29 is 47.4 Å². The third-order valence-corrected chi connectivity index (χ3v) is 30.7. The maximum atomic E-state index is 12.5. The molecule has 5 aliphatic heterocycles. The fourth-order valence-corrected chi connectivity index (χ4v) is 17.7. The van der Waals surface area contributed by atoms with Gasteiger partial charge >= 0.3 is 13.2 Å². The summed E-state index contributed by atoms with van der Waals surface area (Å²) in [6.45, 7) is 99.8. The number of aromatic nitrogens is 14. The first-order valence-electron chi connectivity index (χ1n) is 47.6. The molecule has 36 nitrogen and oxygen atoms in total. The summed E-state index contributed by atoms with van der Waals surface area (Å²) in [5, 5.41) is 25.3. The first-order chi connectivity index (χ1) is 68.9. The second-order valence-electron chi connectivity index (χ2n) is 41.8. The van der Waals surface area contributed by atoms with Crippen LogP contribution in [0.15, 0.2) is 146 Å². The Balaban J connectivity index is 0.000000176. The van der Waals surface area contributed by atoms with Gasteiger partial charge in [-0.15, -0.1) is 12.4 Å². The number of H-pyrrole nitrogens is 3. The van der Waals surface area contributed by atoms with Crippen LogP contribution in [0.5, 0.6) is 0 Å². The number of hydrogen-bond donors (Lipinski definition) is 4. The molecule has 0 spiro atoms. The van der Waals surface area contributed by atoms with Crippen LogP contribution in [-0.4, -0.2) is 234 Å². The zero-order chi connectivity index (χ0) is 105. The number of rotatable bonds is 23. The monoisotopic (exact) mass is 2110 g/mol. The van der Waals surface area contributed by atoms with E-state index < -0.39 is 35.4 Å². The van der Waals surface area contributed by atoms with Crippen molar-refractivity contribution in [1.82, 2.24) is 88.8 Å². The maximum Gasteiger partial charge on any atom is 0.498 e. The van der Waals surface area contributed by atoms with Crippen molar-refractivity contribution in [3.05, 3.63) is 248 Å². The van der Waals surface area contributed by atoms with Gasteiger partial charge in [-0.25, -0.2) is 60.2 Å². The van der Waals surface area contributed by atoms with Crippen LogP contribution in [0.4, 0.5) is 27.5 Å². The van der Waals surface area contributed by atoms with Crippen LogP contribution in [0.2, 0.25) is 87.1 Å². The van der Waals surface area contributed by atoms with Gasteiger partial charge in [0.15, 0.2) is 24.1 Å². The fourth-order valence-electron chi connectivity index (χ4n) is 14.7. The van der Waals surface area contributed by atoms with Gasteiger partial charge in [0.25, 0.3) is 0 Å². The lowest BCUT2D eigenvalue weighted by Gasteiger charge is -2.47. The van der Waals surface area contributed by atoms with Crippen molar-refractivity contribution in [3.63, 3.8) is 0 Å². The lowest BCUT2D eigenvalue weighted by atomic mass is 9.82. The van der Waals surface area contributed by atoms with Crippen LogP contribution in [0.3, 0.4) is 0 Å². The molecule has 0 atom stereocenters. The Morgan fingerprint density at radius 1 is 0.527 bits per heavy atom. The van der Waals surface area contributed by atoms with Crippen LogP contribution in [-0.2, 0) is 68.4 Å². The maximum absolute atomic E-state index is 12.5. The van der Waals surface area contributed by atoms with Crippen LogP contribution < -0.4 is 10.8 Å². The molecule has 0 bridgehead atoms. The molecular weight excluding hydrogens is 1990 g/mol. The van der Waals surface area contributed by atoms with Gasteiger partial charge in [0.05, 0.1) is 92.7 Å².